The molecule has 19 heavy (non-hydrogen) atoms. The molecule has 0 atom stereocenters. The monoisotopic (exact) mass is 326 g/mol. The number of carbonyl (C=O) groups is 1. The lowest BCUT2D eigenvalue weighted by atomic mass is 10.1. The lowest BCUT2D eigenvalue weighted by Gasteiger charge is -2.31. The molecule has 1 aliphatic rings. The third-order valence-electron chi connectivity index (χ3n) is 3.37. The van der Waals surface area contributed by atoms with Crippen molar-refractivity contribution in [1.82, 2.24) is 4.90 Å². The fourth-order valence-corrected chi connectivity index (χ4v) is 2.57. The second-order valence-corrected chi connectivity index (χ2v) is 5.54. The molecule has 0 aromatic heterocycles. The highest BCUT2D eigenvalue weighted by Gasteiger charge is 2.23. The van der Waals surface area contributed by atoms with Gasteiger partial charge in [0.1, 0.15) is 0 Å². The molecule has 1 amide bonds. The predicted octanol–water partition coefficient (Wildman–Crippen LogP) is 2.67. The van der Waals surface area contributed by atoms with Crippen molar-refractivity contribution in [2.24, 2.45) is 0 Å². The lowest BCUT2D eigenvalue weighted by Crippen LogP contribution is -2.40. The standard InChI is InChI=1S/C14H19BrN2O2/c1-2-19-11-5-7-17(8-6-11)14(18)10-3-4-12(15)13(16)9-10/h3-4,9,11H,2,5-8,16H2,1H3. The Morgan fingerprint density at radius 3 is 2.74 bits per heavy atom. The number of amides is 1. The van der Waals surface area contributed by atoms with Gasteiger partial charge in [-0.3, -0.25) is 4.79 Å². The number of hydrogen-bond acceptors (Lipinski definition) is 3. The zero-order chi connectivity index (χ0) is 13.8. The van der Waals surface area contributed by atoms with Gasteiger partial charge in [-0.25, -0.2) is 0 Å². The van der Waals surface area contributed by atoms with Crippen LogP contribution in [0.3, 0.4) is 0 Å². The molecule has 1 aromatic rings. The van der Waals surface area contributed by atoms with Gasteiger partial charge < -0.3 is 15.4 Å². The molecular weight excluding hydrogens is 308 g/mol. The summed E-state index contributed by atoms with van der Waals surface area (Å²) in [5, 5.41) is 0. The lowest BCUT2D eigenvalue weighted by molar-refractivity contribution is 0.0146. The van der Waals surface area contributed by atoms with Crippen molar-refractivity contribution in [2.45, 2.75) is 25.9 Å². The highest BCUT2D eigenvalue weighted by Crippen LogP contribution is 2.22. The van der Waals surface area contributed by atoms with Crippen LogP contribution in [0.1, 0.15) is 30.1 Å². The van der Waals surface area contributed by atoms with Gasteiger partial charge >= 0.3 is 0 Å². The average Bonchev–Trinajstić information content (AvgIpc) is 2.42. The van der Waals surface area contributed by atoms with E-state index in [1.807, 2.05) is 17.9 Å². The molecule has 5 heteroatoms. The van der Waals surface area contributed by atoms with Crippen LogP contribution in [0.4, 0.5) is 5.69 Å². The van der Waals surface area contributed by atoms with Crippen molar-refractivity contribution in [2.75, 3.05) is 25.4 Å². The molecule has 4 nitrogen and oxygen atoms in total. The molecule has 0 bridgehead atoms. The van der Waals surface area contributed by atoms with Crippen molar-refractivity contribution in [1.29, 1.82) is 0 Å². The van der Waals surface area contributed by atoms with Crippen molar-refractivity contribution >= 4 is 27.5 Å². The van der Waals surface area contributed by atoms with Gasteiger partial charge in [0.25, 0.3) is 5.91 Å². The molecule has 0 unspecified atom stereocenters. The van der Waals surface area contributed by atoms with Crippen LogP contribution in [0.2, 0.25) is 0 Å². The molecular formula is C14H19BrN2O2. The maximum absolute atomic E-state index is 12.3. The minimum atomic E-state index is 0.0501. The second kappa shape index (κ2) is 6.39. The van der Waals surface area contributed by atoms with Crippen molar-refractivity contribution in [3.05, 3.63) is 28.2 Å². The maximum atomic E-state index is 12.3. The number of carbonyl (C=O) groups excluding carboxylic acids is 1. The largest absolute Gasteiger partial charge is 0.398 e. The zero-order valence-corrected chi connectivity index (χ0v) is 12.6. The molecule has 1 fully saturated rings. The van der Waals surface area contributed by atoms with E-state index < -0.39 is 0 Å². The summed E-state index contributed by atoms with van der Waals surface area (Å²) in [6.45, 7) is 4.24. The second-order valence-electron chi connectivity index (χ2n) is 4.68. The minimum Gasteiger partial charge on any atom is -0.398 e. The number of rotatable bonds is 3. The quantitative estimate of drug-likeness (QED) is 0.869. The third-order valence-corrected chi connectivity index (χ3v) is 4.10. The summed E-state index contributed by atoms with van der Waals surface area (Å²) in [6.07, 6.45) is 2.11. The van der Waals surface area contributed by atoms with Crippen LogP contribution in [0.15, 0.2) is 22.7 Å². The number of anilines is 1. The molecule has 0 saturated carbocycles. The normalized spacial score (nSPS) is 16.6. The Labute approximate surface area is 122 Å². The van der Waals surface area contributed by atoms with E-state index in [1.165, 1.54) is 0 Å². The van der Waals surface area contributed by atoms with Crippen LogP contribution in [0.5, 0.6) is 0 Å². The molecule has 1 aromatic carbocycles. The van der Waals surface area contributed by atoms with Crippen molar-refractivity contribution < 1.29 is 9.53 Å². The Morgan fingerprint density at radius 2 is 2.16 bits per heavy atom. The van der Waals surface area contributed by atoms with Gasteiger partial charge in [0, 0.05) is 35.4 Å². The van der Waals surface area contributed by atoms with Crippen molar-refractivity contribution in [3.63, 3.8) is 0 Å². The van der Waals surface area contributed by atoms with Gasteiger partial charge in [0.05, 0.1) is 6.10 Å². The number of likely N-dealkylation sites (tertiary alicyclic amines) is 1. The summed E-state index contributed by atoms with van der Waals surface area (Å²) in [5.74, 6) is 0.0501. The molecule has 2 N–H and O–H groups in total. The number of nitrogens with zero attached hydrogens (tertiary/aromatic N) is 1. The Morgan fingerprint density at radius 1 is 1.47 bits per heavy atom. The fourth-order valence-electron chi connectivity index (χ4n) is 2.32. The topological polar surface area (TPSA) is 55.6 Å². The summed E-state index contributed by atoms with van der Waals surface area (Å²) in [6, 6.07) is 5.34. The van der Waals surface area contributed by atoms with Gasteiger partial charge in [-0.15, -0.1) is 0 Å². The van der Waals surface area contributed by atoms with Crippen LogP contribution in [0.25, 0.3) is 0 Å². The Balaban J connectivity index is 1.99. The van der Waals surface area contributed by atoms with E-state index >= 15 is 0 Å². The summed E-state index contributed by atoms with van der Waals surface area (Å²) >= 11 is 3.33. The first kappa shape index (κ1) is 14.3. The van der Waals surface area contributed by atoms with E-state index in [2.05, 4.69) is 15.9 Å². The van der Waals surface area contributed by atoms with Gasteiger partial charge in [-0.05, 0) is 53.9 Å². The Hall–Kier alpha value is -1.07. The summed E-state index contributed by atoms with van der Waals surface area (Å²) in [4.78, 5) is 14.2. The van der Waals surface area contributed by atoms with Gasteiger partial charge in [-0.2, -0.15) is 0 Å². The number of piperidine rings is 1. The van der Waals surface area contributed by atoms with Gasteiger partial charge in [0.2, 0.25) is 0 Å². The average molecular weight is 327 g/mol. The van der Waals surface area contributed by atoms with E-state index in [9.17, 15) is 4.79 Å². The first-order valence-corrected chi connectivity index (χ1v) is 7.37. The fraction of sp³-hybridized carbons (Fsp3) is 0.500. The number of nitrogens with two attached hydrogens (primary N) is 1. The minimum absolute atomic E-state index is 0.0501. The van der Waals surface area contributed by atoms with E-state index in [1.54, 1.807) is 12.1 Å². The zero-order valence-electron chi connectivity index (χ0n) is 11.1. The van der Waals surface area contributed by atoms with Crippen LogP contribution >= 0.6 is 15.9 Å². The van der Waals surface area contributed by atoms with Gasteiger partial charge in [0.15, 0.2) is 0 Å². The highest BCUT2D eigenvalue weighted by atomic mass is 79.9. The molecule has 0 radical (unpaired) electrons. The van der Waals surface area contributed by atoms with Crippen LogP contribution in [-0.2, 0) is 4.74 Å². The molecule has 104 valence electrons. The van der Waals surface area contributed by atoms with E-state index in [4.69, 9.17) is 10.5 Å². The van der Waals surface area contributed by atoms with Crippen LogP contribution in [0, 0.1) is 0 Å². The SMILES string of the molecule is CCOC1CCN(C(=O)c2ccc(Br)c(N)c2)CC1. The number of halogens is 1. The van der Waals surface area contributed by atoms with Crippen LogP contribution < -0.4 is 5.73 Å². The summed E-state index contributed by atoms with van der Waals surface area (Å²) in [5.41, 5.74) is 7.05. The molecule has 1 heterocycles. The molecule has 2 rings (SSSR count). The van der Waals surface area contributed by atoms with Crippen molar-refractivity contribution in [3.8, 4) is 0 Å². The summed E-state index contributed by atoms with van der Waals surface area (Å²) < 4.78 is 6.41. The molecule has 1 aliphatic heterocycles. The summed E-state index contributed by atoms with van der Waals surface area (Å²) in [7, 11) is 0. The third kappa shape index (κ3) is 3.48. The highest BCUT2D eigenvalue weighted by molar-refractivity contribution is 9.10. The number of benzene rings is 1. The number of hydrogen-bond donors (Lipinski definition) is 1. The molecule has 1 saturated heterocycles. The van der Waals surface area contributed by atoms with Gasteiger partial charge in [-0.1, -0.05) is 0 Å². The Bertz CT molecular complexity index is 457. The van der Waals surface area contributed by atoms with E-state index in [-0.39, 0.29) is 5.91 Å². The Kier molecular flexibility index (Phi) is 4.82. The first-order valence-electron chi connectivity index (χ1n) is 6.57. The van der Waals surface area contributed by atoms with Crippen LogP contribution in [-0.4, -0.2) is 36.6 Å². The first-order chi connectivity index (χ1) is 9.11. The maximum Gasteiger partial charge on any atom is 0.253 e. The number of ether oxygens (including phenoxy) is 1. The molecule has 0 aliphatic carbocycles. The smallest absolute Gasteiger partial charge is 0.253 e. The number of nitrogen functional groups attached to an aromatic ring is 1. The van der Waals surface area contributed by atoms with E-state index in [0.717, 1.165) is 37.0 Å². The molecule has 0 spiro atoms. The predicted molar refractivity (Wildman–Crippen MR) is 79.1 cm³/mol. The van der Waals surface area contributed by atoms with E-state index in [0.29, 0.717) is 17.4 Å².